The number of hydrogen-bond acceptors (Lipinski definition) is 5. The number of aliphatic carboxylic acids is 1. The van der Waals surface area contributed by atoms with E-state index in [4.69, 9.17) is 5.11 Å². The zero-order valence-corrected chi connectivity index (χ0v) is 12.8. The molecule has 21 heavy (non-hydrogen) atoms. The third-order valence-electron chi connectivity index (χ3n) is 3.64. The predicted molar refractivity (Wildman–Crippen MR) is 80.5 cm³/mol. The summed E-state index contributed by atoms with van der Waals surface area (Å²) in [7, 11) is -3.16. The van der Waals surface area contributed by atoms with E-state index in [1.165, 1.54) is 6.26 Å². The van der Waals surface area contributed by atoms with Crippen LogP contribution in [0.1, 0.15) is 6.42 Å². The highest BCUT2D eigenvalue weighted by atomic mass is 32.2. The smallest absolute Gasteiger partial charge is 0.304 e. The van der Waals surface area contributed by atoms with Crippen molar-refractivity contribution in [3.05, 3.63) is 24.3 Å². The first kappa shape index (κ1) is 15.8. The molecular formula is C14H20N2O4S. The number of carboxylic acids is 1. The van der Waals surface area contributed by atoms with E-state index >= 15 is 0 Å². The lowest BCUT2D eigenvalue weighted by Gasteiger charge is -2.35. The second kappa shape index (κ2) is 6.44. The highest BCUT2D eigenvalue weighted by Crippen LogP contribution is 2.19. The SMILES string of the molecule is CS(=O)(=O)c1ccc(N2CCN(CCC(=O)O)CC2)cc1. The van der Waals surface area contributed by atoms with Gasteiger partial charge in [0.2, 0.25) is 0 Å². The van der Waals surface area contributed by atoms with Crippen LogP contribution in [-0.4, -0.2) is 63.4 Å². The lowest BCUT2D eigenvalue weighted by molar-refractivity contribution is -0.137. The van der Waals surface area contributed by atoms with Gasteiger partial charge in [0, 0.05) is 44.7 Å². The van der Waals surface area contributed by atoms with Gasteiger partial charge in [0.1, 0.15) is 0 Å². The summed E-state index contributed by atoms with van der Waals surface area (Å²) in [6, 6.07) is 6.90. The van der Waals surface area contributed by atoms with E-state index in [1.807, 2.05) is 12.1 Å². The van der Waals surface area contributed by atoms with Gasteiger partial charge in [-0.15, -0.1) is 0 Å². The molecule has 2 rings (SSSR count). The summed E-state index contributed by atoms with van der Waals surface area (Å²) >= 11 is 0. The fourth-order valence-corrected chi connectivity index (χ4v) is 3.02. The first-order valence-electron chi connectivity index (χ1n) is 6.85. The van der Waals surface area contributed by atoms with Gasteiger partial charge in [0.05, 0.1) is 11.3 Å². The Balaban J connectivity index is 1.92. The molecule has 1 aliphatic rings. The van der Waals surface area contributed by atoms with Gasteiger partial charge in [-0.3, -0.25) is 9.69 Å². The van der Waals surface area contributed by atoms with Gasteiger partial charge >= 0.3 is 5.97 Å². The zero-order valence-electron chi connectivity index (χ0n) is 12.0. The number of nitrogens with zero attached hydrogens (tertiary/aromatic N) is 2. The van der Waals surface area contributed by atoms with Crippen LogP contribution in [0.2, 0.25) is 0 Å². The fourth-order valence-electron chi connectivity index (χ4n) is 2.39. The second-order valence-corrected chi connectivity index (χ2v) is 7.25. The Labute approximate surface area is 124 Å². The quantitative estimate of drug-likeness (QED) is 0.862. The number of anilines is 1. The maximum Gasteiger partial charge on any atom is 0.304 e. The molecule has 0 unspecified atom stereocenters. The number of carbonyl (C=O) groups is 1. The van der Waals surface area contributed by atoms with Crippen molar-refractivity contribution in [1.82, 2.24) is 4.90 Å². The molecule has 1 saturated heterocycles. The summed E-state index contributed by atoms with van der Waals surface area (Å²) < 4.78 is 22.8. The van der Waals surface area contributed by atoms with E-state index in [1.54, 1.807) is 12.1 Å². The van der Waals surface area contributed by atoms with Crippen LogP contribution >= 0.6 is 0 Å². The highest BCUT2D eigenvalue weighted by molar-refractivity contribution is 7.90. The van der Waals surface area contributed by atoms with Crippen LogP contribution in [0.25, 0.3) is 0 Å². The molecular weight excluding hydrogens is 292 g/mol. The number of rotatable bonds is 5. The van der Waals surface area contributed by atoms with Crippen molar-refractivity contribution in [2.75, 3.05) is 43.9 Å². The summed E-state index contributed by atoms with van der Waals surface area (Å²) in [5, 5.41) is 8.68. The minimum Gasteiger partial charge on any atom is -0.481 e. The Kier molecular flexibility index (Phi) is 4.84. The molecule has 1 aliphatic heterocycles. The zero-order chi connectivity index (χ0) is 15.5. The molecule has 7 heteroatoms. The van der Waals surface area contributed by atoms with E-state index < -0.39 is 15.8 Å². The van der Waals surface area contributed by atoms with E-state index in [9.17, 15) is 13.2 Å². The van der Waals surface area contributed by atoms with Crippen molar-refractivity contribution >= 4 is 21.5 Å². The van der Waals surface area contributed by atoms with Crippen LogP contribution in [0.3, 0.4) is 0 Å². The molecule has 0 atom stereocenters. The lowest BCUT2D eigenvalue weighted by Crippen LogP contribution is -2.46. The van der Waals surface area contributed by atoms with Gasteiger partial charge in [-0.1, -0.05) is 0 Å². The summed E-state index contributed by atoms with van der Waals surface area (Å²) in [5.74, 6) is -0.770. The number of benzene rings is 1. The third-order valence-corrected chi connectivity index (χ3v) is 4.77. The Morgan fingerprint density at radius 2 is 1.71 bits per heavy atom. The van der Waals surface area contributed by atoms with Gasteiger partial charge < -0.3 is 10.0 Å². The molecule has 1 fully saturated rings. The van der Waals surface area contributed by atoms with Gasteiger partial charge in [-0.2, -0.15) is 0 Å². The van der Waals surface area contributed by atoms with Gasteiger partial charge in [0.15, 0.2) is 9.84 Å². The van der Waals surface area contributed by atoms with E-state index in [-0.39, 0.29) is 6.42 Å². The Bertz CT molecular complexity index is 590. The number of piperazine rings is 1. The summed E-state index contributed by atoms with van der Waals surface area (Å²) in [5.41, 5.74) is 1.00. The molecule has 1 aromatic carbocycles. The standard InChI is InChI=1S/C14H20N2O4S/c1-21(19,20)13-4-2-12(3-5-13)16-10-8-15(9-11-16)7-6-14(17)18/h2-5H,6-11H2,1H3,(H,17,18). The molecule has 0 spiro atoms. The molecule has 0 aromatic heterocycles. The monoisotopic (exact) mass is 312 g/mol. The summed E-state index contributed by atoms with van der Waals surface area (Å²) in [4.78, 5) is 15.2. The minimum absolute atomic E-state index is 0.170. The molecule has 0 aliphatic carbocycles. The molecule has 1 aromatic rings. The van der Waals surface area contributed by atoms with Crippen LogP contribution in [0, 0.1) is 0 Å². The van der Waals surface area contributed by atoms with E-state index in [2.05, 4.69) is 9.80 Å². The van der Waals surface area contributed by atoms with Gasteiger partial charge in [0.25, 0.3) is 0 Å². The Morgan fingerprint density at radius 3 is 2.19 bits per heavy atom. The highest BCUT2D eigenvalue weighted by Gasteiger charge is 2.18. The minimum atomic E-state index is -3.16. The van der Waals surface area contributed by atoms with Crippen LogP contribution in [-0.2, 0) is 14.6 Å². The van der Waals surface area contributed by atoms with Crippen molar-refractivity contribution in [3.63, 3.8) is 0 Å². The van der Waals surface area contributed by atoms with Crippen molar-refractivity contribution < 1.29 is 18.3 Å². The maximum absolute atomic E-state index is 11.4. The number of hydrogen-bond donors (Lipinski definition) is 1. The van der Waals surface area contributed by atoms with Crippen molar-refractivity contribution in [1.29, 1.82) is 0 Å². The molecule has 6 nitrogen and oxygen atoms in total. The second-order valence-electron chi connectivity index (χ2n) is 5.24. The number of sulfone groups is 1. The first-order valence-corrected chi connectivity index (χ1v) is 8.74. The Morgan fingerprint density at radius 1 is 1.14 bits per heavy atom. The van der Waals surface area contributed by atoms with Crippen molar-refractivity contribution in [2.45, 2.75) is 11.3 Å². The van der Waals surface area contributed by atoms with E-state index in [0.29, 0.717) is 11.4 Å². The van der Waals surface area contributed by atoms with Crippen LogP contribution in [0.5, 0.6) is 0 Å². The van der Waals surface area contributed by atoms with E-state index in [0.717, 1.165) is 31.9 Å². The lowest BCUT2D eigenvalue weighted by atomic mass is 10.2. The largest absolute Gasteiger partial charge is 0.481 e. The Hall–Kier alpha value is -1.60. The van der Waals surface area contributed by atoms with Crippen LogP contribution in [0.15, 0.2) is 29.2 Å². The third kappa shape index (κ3) is 4.44. The topological polar surface area (TPSA) is 77.9 Å². The molecule has 1 heterocycles. The normalized spacial score (nSPS) is 16.9. The van der Waals surface area contributed by atoms with Crippen LogP contribution < -0.4 is 4.90 Å². The van der Waals surface area contributed by atoms with Gasteiger partial charge in [-0.25, -0.2) is 8.42 Å². The molecule has 0 radical (unpaired) electrons. The molecule has 116 valence electrons. The molecule has 0 amide bonds. The van der Waals surface area contributed by atoms with Crippen molar-refractivity contribution in [2.24, 2.45) is 0 Å². The first-order chi connectivity index (χ1) is 9.86. The molecule has 0 bridgehead atoms. The maximum atomic E-state index is 11.4. The van der Waals surface area contributed by atoms with Crippen LogP contribution in [0.4, 0.5) is 5.69 Å². The summed E-state index contributed by atoms with van der Waals surface area (Å²) in [6.45, 7) is 3.86. The fraction of sp³-hybridized carbons (Fsp3) is 0.500. The molecule has 1 N–H and O–H groups in total. The number of carboxylic acid groups (broad SMARTS) is 1. The average molecular weight is 312 g/mol. The average Bonchev–Trinajstić information content (AvgIpc) is 2.45. The summed E-state index contributed by atoms with van der Waals surface area (Å²) in [6.07, 6.45) is 1.37. The molecule has 0 saturated carbocycles. The van der Waals surface area contributed by atoms with Crippen molar-refractivity contribution in [3.8, 4) is 0 Å². The van der Waals surface area contributed by atoms with Gasteiger partial charge in [-0.05, 0) is 24.3 Å². The predicted octanol–water partition coefficient (Wildman–Crippen LogP) is 0.687.